The van der Waals surface area contributed by atoms with Crippen molar-refractivity contribution in [3.05, 3.63) is 35.9 Å². The Hall–Kier alpha value is -0.580. The van der Waals surface area contributed by atoms with Gasteiger partial charge in [-0.25, -0.2) is 12.7 Å². The Morgan fingerprint density at radius 3 is 2.56 bits per heavy atom. The smallest absolute Gasteiger partial charge is 0.212 e. The molecule has 16 heavy (non-hydrogen) atoms. The van der Waals surface area contributed by atoms with Gasteiger partial charge in [-0.05, 0) is 12.0 Å². The van der Waals surface area contributed by atoms with Crippen molar-refractivity contribution in [1.29, 1.82) is 0 Å². The summed E-state index contributed by atoms with van der Waals surface area (Å²) in [6.45, 7) is 0.986. The first-order chi connectivity index (χ1) is 7.58. The molecule has 3 nitrogen and oxygen atoms in total. The van der Waals surface area contributed by atoms with Gasteiger partial charge in [0, 0.05) is 18.5 Å². The summed E-state index contributed by atoms with van der Waals surface area (Å²) < 4.78 is 25.5. The van der Waals surface area contributed by atoms with E-state index in [0.29, 0.717) is 13.1 Å². The fraction of sp³-hybridized carbons (Fsp3) is 0.455. The third-order valence-electron chi connectivity index (χ3n) is 2.68. The van der Waals surface area contributed by atoms with E-state index in [9.17, 15) is 8.42 Å². The van der Waals surface area contributed by atoms with Gasteiger partial charge in [-0.3, -0.25) is 0 Å². The Morgan fingerprint density at radius 1 is 1.31 bits per heavy atom. The van der Waals surface area contributed by atoms with E-state index in [2.05, 4.69) is 0 Å². The lowest BCUT2D eigenvalue weighted by molar-refractivity contribution is 0.477. The normalized spacial score (nSPS) is 22.4. The minimum absolute atomic E-state index is 0.0365. The van der Waals surface area contributed by atoms with Crippen LogP contribution in [-0.2, 0) is 15.8 Å². The van der Waals surface area contributed by atoms with Crippen LogP contribution in [0.1, 0.15) is 12.0 Å². The van der Waals surface area contributed by atoms with Crippen molar-refractivity contribution in [1.82, 2.24) is 4.31 Å². The lowest BCUT2D eigenvalue weighted by Gasteiger charge is -2.15. The monoisotopic (exact) mass is 259 g/mol. The number of sulfonamides is 1. The van der Waals surface area contributed by atoms with Crippen LogP contribution in [0.4, 0.5) is 0 Å². The van der Waals surface area contributed by atoms with Crippen LogP contribution >= 0.6 is 11.6 Å². The summed E-state index contributed by atoms with van der Waals surface area (Å²) in [5, 5.41) is -0.0365. The van der Waals surface area contributed by atoms with Crippen LogP contribution in [0.25, 0.3) is 0 Å². The molecule has 2 rings (SSSR count). The molecule has 1 unspecified atom stereocenters. The van der Waals surface area contributed by atoms with Crippen LogP contribution in [0, 0.1) is 0 Å². The number of halogens is 1. The standard InChI is InChI=1S/C11H14ClNO2S/c12-11-6-7-13(8-11)16(14,15)9-10-4-2-1-3-5-10/h1-5,11H,6-9H2. The van der Waals surface area contributed by atoms with Gasteiger partial charge < -0.3 is 0 Å². The second kappa shape index (κ2) is 4.73. The van der Waals surface area contributed by atoms with Gasteiger partial charge >= 0.3 is 0 Å². The number of alkyl halides is 1. The molecule has 1 atom stereocenters. The van der Waals surface area contributed by atoms with Crippen LogP contribution in [-0.4, -0.2) is 31.2 Å². The van der Waals surface area contributed by atoms with Crippen molar-refractivity contribution in [2.75, 3.05) is 13.1 Å². The SMILES string of the molecule is O=S(=O)(Cc1ccccc1)N1CCC(Cl)C1. The molecule has 0 spiro atoms. The van der Waals surface area contributed by atoms with Gasteiger partial charge in [-0.2, -0.15) is 0 Å². The zero-order chi connectivity index (χ0) is 11.6. The van der Waals surface area contributed by atoms with E-state index in [1.807, 2.05) is 30.3 Å². The van der Waals surface area contributed by atoms with Crippen LogP contribution in [0.5, 0.6) is 0 Å². The maximum Gasteiger partial charge on any atom is 0.218 e. The number of hydrogen-bond acceptors (Lipinski definition) is 2. The van der Waals surface area contributed by atoms with Crippen molar-refractivity contribution in [3.8, 4) is 0 Å². The highest BCUT2D eigenvalue weighted by Crippen LogP contribution is 2.20. The maximum atomic E-state index is 12.0. The Kier molecular flexibility index (Phi) is 3.52. The molecule has 1 aromatic rings. The van der Waals surface area contributed by atoms with E-state index in [4.69, 9.17) is 11.6 Å². The molecule has 0 radical (unpaired) electrons. The molecule has 0 N–H and O–H groups in total. The predicted octanol–water partition coefficient (Wildman–Crippen LogP) is 1.83. The lowest BCUT2D eigenvalue weighted by atomic mass is 10.2. The lowest BCUT2D eigenvalue weighted by Crippen LogP contribution is -2.30. The van der Waals surface area contributed by atoms with Gasteiger partial charge in [-0.15, -0.1) is 11.6 Å². The second-order valence-electron chi connectivity index (χ2n) is 3.99. The molecule has 0 aliphatic carbocycles. The molecular weight excluding hydrogens is 246 g/mol. The number of nitrogens with zero attached hydrogens (tertiary/aromatic N) is 1. The molecule has 1 heterocycles. The van der Waals surface area contributed by atoms with Gasteiger partial charge in [0.15, 0.2) is 0 Å². The van der Waals surface area contributed by atoms with E-state index in [-0.39, 0.29) is 11.1 Å². The minimum atomic E-state index is -3.20. The van der Waals surface area contributed by atoms with Gasteiger partial charge in [0.2, 0.25) is 10.0 Å². The van der Waals surface area contributed by atoms with E-state index in [1.165, 1.54) is 4.31 Å². The zero-order valence-electron chi connectivity index (χ0n) is 8.84. The fourth-order valence-corrected chi connectivity index (χ4v) is 3.75. The molecule has 0 aromatic heterocycles. The molecule has 0 bridgehead atoms. The predicted molar refractivity (Wildman–Crippen MR) is 64.9 cm³/mol. The Bertz CT molecular complexity index is 446. The molecular formula is C11H14ClNO2S. The fourth-order valence-electron chi connectivity index (χ4n) is 1.82. The number of benzene rings is 1. The third kappa shape index (κ3) is 2.75. The van der Waals surface area contributed by atoms with Crippen LogP contribution in [0.15, 0.2) is 30.3 Å². The summed E-state index contributed by atoms with van der Waals surface area (Å²) >= 11 is 5.91. The van der Waals surface area contributed by atoms with E-state index in [0.717, 1.165) is 12.0 Å². The van der Waals surface area contributed by atoms with Gasteiger partial charge in [0.05, 0.1) is 5.75 Å². The van der Waals surface area contributed by atoms with Crippen LogP contribution in [0.2, 0.25) is 0 Å². The molecule has 0 amide bonds. The second-order valence-corrected chi connectivity index (χ2v) is 6.57. The van der Waals surface area contributed by atoms with E-state index in [1.54, 1.807) is 0 Å². The number of rotatable bonds is 3. The molecule has 1 aliphatic rings. The molecule has 5 heteroatoms. The first kappa shape index (κ1) is 11.9. The molecule has 1 aromatic carbocycles. The summed E-state index contributed by atoms with van der Waals surface area (Å²) in [4.78, 5) is 0. The van der Waals surface area contributed by atoms with E-state index < -0.39 is 10.0 Å². The highest BCUT2D eigenvalue weighted by molar-refractivity contribution is 7.88. The maximum absolute atomic E-state index is 12.0. The largest absolute Gasteiger partial charge is 0.218 e. The molecule has 1 aliphatic heterocycles. The third-order valence-corrected chi connectivity index (χ3v) is 4.85. The Morgan fingerprint density at radius 2 is 2.00 bits per heavy atom. The topological polar surface area (TPSA) is 37.4 Å². The zero-order valence-corrected chi connectivity index (χ0v) is 10.4. The molecule has 88 valence electrons. The molecule has 1 saturated heterocycles. The van der Waals surface area contributed by atoms with Crippen molar-refractivity contribution >= 4 is 21.6 Å². The summed E-state index contributed by atoms with van der Waals surface area (Å²) in [5.74, 6) is 0.0669. The molecule has 1 fully saturated rings. The van der Waals surface area contributed by atoms with Gasteiger partial charge in [0.1, 0.15) is 0 Å². The summed E-state index contributed by atoms with van der Waals surface area (Å²) in [6.07, 6.45) is 0.746. The van der Waals surface area contributed by atoms with Crippen molar-refractivity contribution < 1.29 is 8.42 Å². The average Bonchev–Trinajstić information content (AvgIpc) is 2.66. The summed E-state index contributed by atoms with van der Waals surface area (Å²) in [5.41, 5.74) is 0.820. The van der Waals surface area contributed by atoms with Crippen LogP contribution < -0.4 is 0 Å². The van der Waals surface area contributed by atoms with E-state index >= 15 is 0 Å². The quantitative estimate of drug-likeness (QED) is 0.777. The first-order valence-electron chi connectivity index (χ1n) is 5.24. The summed E-state index contributed by atoms with van der Waals surface area (Å²) in [6, 6.07) is 9.22. The van der Waals surface area contributed by atoms with Crippen LogP contribution in [0.3, 0.4) is 0 Å². The minimum Gasteiger partial charge on any atom is -0.212 e. The Balaban J connectivity index is 2.09. The van der Waals surface area contributed by atoms with Gasteiger partial charge in [0.25, 0.3) is 0 Å². The summed E-state index contributed by atoms with van der Waals surface area (Å²) in [7, 11) is -3.20. The first-order valence-corrected chi connectivity index (χ1v) is 7.28. The number of hydrogen-bond donors (Lipinski definition) is 0. The van der Waals surface area contributed by atoms with Gasteiger partial charge in [-0.1, -0.05) is 30.3 Å². The average molecular weight is 260 g/mol. The van der Waals surface area contributed by atoms with Crippen molar-refractivity contribution in [2.24, 2.45) is 0 Å². The van der Waals surface area contributed by atoms with Crippen molar-refractivity contribution in [2.45, 2.75) is 17.6 Å². The highest BCUT2D eigenvalue weighted by atomic mass is 35.5. The Labute approximate surface area is 101 Å². The highest BCUT2D eigenvalue weighted by Gasteiger charge is 2.30. The molecule has 0 saturated carbocycles. The van der Waals surface area contributed by atoms with Crippen molar-refractivity contribution in [3.63, 3.8) is 0 Å².